The number of benzene rings is 2. The third kappa shape index (κ3) is 5.59. The van der Waals surface area contributed by atoms with E-state index in [9.17, 15) is 0 Å². The Morgan fingerprint density at radius 1 is 1.20 bits per heavy atom. The molecular formula is C19H24ClN3OS. The van der Waals surface area contributed by atoms with Crippen LogP contribution in [0.4, 0.5) is 5.69 Å². The summed E-state index contributed by atoms with van der Waals surface area (Å²) in [5, 5.41) is 7.74. The molecule has 2 N–H and O–H groups in total. The van der Waals surface area contributed by atoms with E-state index in [1.54, 1.807) is 7.11 Å². The van der Waals surface area contributed by atoms with Crippen molar-refractivity contribution in [3.05, 3.63) is 58.6 Å². The molecular weight excluding hydrogens is 354 g/mol. The molecule has 0 aromatic heterocycles. The van der Waals surface area contributed by atoms with Gasteiger partial charge in [0.15, 0.2) is 5.11 Å². The quantitative estimate of drug-likeness (QED) is 0.736. The van der Waals surface area contributed by atoms with Crippen molar-refractivity contribution in [2.45, 2.75) is 13.0 Å². The zero-order chi connectivity index (χ0) is 18.4. The van der Waals surface area contributed by atoms with Crippen LogP contribution >= 0.6 is 23.8 Å². The van der Waals surface area contributed by atoms with E-state index < -0.39 is 0 Å². The zero-order valence-corrected chi connectivity index (χ0v) is 16.5. The van der Waals surface area contributed by atoms with Gasteiger partial charge in [0.25, 0.3) is 0 Å². The fourth-order valence-electron chi connectivity index (χ4n) is 2.46. The molecule has 0 saturated heterocycles. The summed E-state index contributed by atoms with van der Waals surface area (Å²) in [4.78, 5) is 2.15. The van der Waals surface area contributed by atoms with E-state index in [-0.39, 0.29) is 6.04 Å². The van der Waals surface area contributed by atoms with Gasteiger partial charge in [-0.1, -0.05) is 29.8 Å². The number of aryl methyl sites for hydroxylation is 1. The molecule has 2 aromatic carbocycles. The van der Waals surface area contributed by atoms with Crippen LogP contribution in [0.25, 0.3) is 0 Å². The molecule has 0 aliphatic rings. The summed E-state index contributed by atoms with van der Waals surface area (Å²) in [6, 6.07) is 14.1. The summed E-state index contributed by atoms with van der Waals surface area (Å²) in [5.74, 6) is 0.850. The second-order valence-corrected chi connectivity index (χ2v) is 6.87. The highest BCUT2D eigenvalue weighted by Crippen LogP contribution is 2.22. The molecule has 0 radical (unpaired) electrons. The van der Waals surface area contributed by atoms with Gasteiger partial charge >= 0.3 is 0 Å². The third-order valence-electron chi connectivity index (χ3n) is 4.01. The van der Waals surface area contributed by atoms with Crippen LogP contribution in [-0.2, 0) is 0 Å². The maximum absolute atomic E-state index is 6.15. The van der Waals surface area contributed by atoms with Gasteiger partial charge in [-0.25, -0.2) is 0 Å². The molecule has 0 bridgehead atoms. The fraction of sp³-hybridized carbons (Fsp3) is 0.316. The molecule has 134 valence electrons. The van der Waals surface area contributed by atoms with Gasteiger partial charge in [0.1, 0.15) is 5.75 Å². The number of halogens is 1. The van der Waals surface area contributed by atoms with Crippen molar-refractivity contribution in [1.82, 2.24) is 10.2 Å². The number of anilines is 1. The Kier molecular flexibility index (Phi) is 7.05. The summed E-state index contributed by atoms with van der Waals surface area (Å²) in [7, 11) is 5.76. The lowest BCUT2D eigenvalue weighted by Crippen LogP contribution is -2.36. The highest BCUT2D eigenvalue weighted by Gasteiger charge is 2.14. The maximum Gasteiger partial charge on any atom is 0.170 e. The first-order chi connectivity index (χ1) is 11.9. The van der Waals surface area contributed by atoms with E-state index in [2.05, 4.69) is 27.7 Å². The van der Waals surface area contributed by atoms with Crippen molar-refractivity contribution >= 4 is 34.6 Å². The highest BCUT2D eigenvalue weighted by atomic mass is 35.5. The van der Waals surface area contributed by atoms with E-state index >= 15 is 0 Å². The molecule has 4 nitrogen and oxygen atoms in total. The number of hydrogen-bond donors (Lipinski definition) is 2. The first-order valence-corrected chi connectivity index (χ1v) is 8.80. The predicted molar refractivity (Wildman–Crippen MR) is 110 cm³/mol. The molecule has 2 rings (SSSR count). The predicted octanol–water partition coefficient (Wildman–Crippen LogP) is 4.25. The minimum atomic E-state index is 0.187. The maximum atomic E-state index is 6.15. The van der Waals surface area contributed by atoms with Gasteiger partial charge in [-0.15, -0.1) is 0 Å². The minimum absolute atomic E-state index is 0.187. The second-order valence-electron chi connectivity index (χ2n) is 6.05. The number of ether oxygens (including phenoxy) is 1. The molecule has 25 heavy (non-hydrogen) atoms. The molecule has 0 aliphatic heterocycles. The summed E-state index contributed by atoms with van der Waals surface area (Å²) in [6.07, 6.45) is 0. The molecule has 0 saturated carbocycles. The molecule has 0 spiro atoms. The Balaban J connectivity index is 1.97. The number of methoxy groups -OCH3 is 1. The van der Waals surface area contributed by atoms with Gasteiger partial charge in [-0.3, -0.25) is 0 Å². The van der Waals surface area contributed by atoms with Gasteiger partial charge in [0.05, 0.1) is 13.2 Å². The zero-order valence-electron chi connectivity index (χ0n) is 15.0. The third-order valence-corrected chi connectivity index (χ3v) is 4.66. The van der Waals surface area contributed by atoms with Crippen molar-refractivity contribution < 1.29 is 4.74 Å². The number of hydrogen-bond acceptors (Lipinski definition) is 3. The lowest BCUT2D eigenvalue weighted by molar-refractivity contribution is 0.299. The van der Waals surface area contributed by atoms with Crippen LogP contribution in [0.1, 0.15) is 17.2 Å². The average Bonchev–Trinajstić information content (AvgIpc) is 2.58. The van der Waals surface area contributed by atoms with E-state index in [0.717, 1.165) is 22.0 Å². The SMILES string of the molecule is COc1ccc([C@@H](CNC(=S)Nc2ccc(C)c(Cl)c2)N(C)C)cc1. The van der Waals surface area contributed by atoms with Gasteiger partial charge in [-0.2, -0.15) is 0 Å². The number of likely N-dealkylation sites (N-methyl/N-ethyl adjacent to an activating group) is 1. The van der Waals surface area contributed by atoms with Gasteiger partial charge in [-0.05, 0) is 68.6 Å². The lowest BCUT2D eigenvalue weighted by atomic mass is 10.1. The van der Waals surface area contributed by atoms with Crippen LogP contribution in [0, 0.1) is 6.92 Å². The van der Waals surface area contributed by atoms with Gasteiger partial charge in [0, 0.05) is 17.3 Å². The first kappa shape index (κ1) is 19.5. The Morgan fingerprint density at radius 3 is 2.44 bits per heavy atom. The molecule has 0 amide bonds. The summed E-state index contributed by atoms with van der Waals surface area (Å²) in [6.45, 7) is 2.66. The van der Waals surface area contributed by atoms with Crippen molar-refractivity contribution in [3.63, 3.8) is 0 Å². The van der Waals surface area contributed by atoms with E-state index in [1.165, 1.54) is 5.56 Å². The Bertz CT molecular complexity index is 719. The van der Waals surface area contributed by atoms with Gasteiger partial charge in [0.2, 0.25) is 0 Å². The highest BCUT2D eigenvalue weighted by molar-refractivity contribution is 7.80. The number of nitrogens with zero attached hydrogens (tertiary/aromatic N) is 1. The van der Waals surface area contributed by atoms with Crippen LogP contribution in [-0.4, -0.2) is 37.8 Å². The minimum Gasteiger partial charge on any atom is -0.497 e. The number of thiocarbonyl (C=S) groups is 1. The molecule has 2 aromatic rings. The monoisotopic (exact) mass is 377 g/mol. The summed E-state index contributed by atoms with van der Waals surface area (Å²) >= 11 is 11.6. The lowest BCUT2D eigenvalue weighted by Gasteiger charge is -2.26. The molecule has 0 heterocycles. The normalized spacial score (nSPS) is 11.9. The topological polar surface area (TPSA) is 36.5 Å². The first-order valence-electron chi connectivity index (χ1n) is 8.02. The van der Waals surface area contributed by atoms with E-state index in [1.807, 2.05) is 51.4 Å². The standard InChI is InChI=1S/C19H24ClN3OS/c1-13-5-8-15(11-17(13)20)22-19(25)21-12-18(23(2)3)14-6-9-16(24-4)10-7-14/h5-11,18H,12H2,1-4H3,(H2,21,22,25)/t18-/m1/s1. The van der Waals surface area contributed by atoms with E-state index in [4.69, 9.17) is 28.6 Å². The Hall–Kier alpha value is -1.82. The number of nitrogens with one attached hydrogen (secondary N) is 2. The Labute approximate surface area is 160 Å². The van der Waals surface area contributed by atoms with Crippen molar-refractivity contribution in [1.29, 1.82) is 0 Å². The molecule has 1 atom stereocenters. The smallest absolute Gasteiger partial charge is 0.170 e. The summed E-state index contributed by atoms with van der Waals surface area (Å²) in [5.41, 5.74) is 3.11. The fourth-order valence-corrected chi connectivity index (χ4v) is 2.84. The van der Waals surface area contributed by atoms with Crippen molar-refractivity contribution in [3.8, 4) is 5.75 Å². The van der Waals surface area contributed by atoms with Crippen molar-refractivity contribution in [2.24, 2.45) is 0 Å². The van der Waals surface area contributed by atoms with Crippen LogP contribution in [0.2, 0.25) is 5.02 Å². The van der Waals surface area contributed by atoms with Crippen LogP contribution in [0.15, 0.2) is 42.5 Å². The van der Waals surface area contributed by atoms with Crippen molar-refractivity contribution in [2.75, 3.05) is 33.1 Å². The van der Waals surface area contributed by atoms with Crippen LogP contribution < -0.4 is 15.4 Å². The Morgan fingerprint density at radius 2 is 1.88 bits per heavy atom. The average molecular weight is 378 g/mol. The van der Waals surface area contributed by atoms with E-state index in [0.29, 0.717) is 11.7 Å². The molecule has 0 fully saturated rings. The van der Waals surface area contributed by atoms with Crippen LogP contribution in [0.3, 0.4) is 0 Å². The second kappa shape index (κ2) is 9.04. The molecule has 0 unspecified atom stereocenters. The number of rotatable bonds is 6. The van der Waals surface area contributed by atoms with Gasteiger partial charge < -0.3 is 20.3 Å². The largest absolute Gasteiger partial charge is 0.497 e. The molecule has 0 aliphatic carbocycles. The van der Waals surface area contributed by atoms with Crippen LogP contribution in [0.5, 0.6) is 5.75 Å². The summed E-state index contributed by atoms with van der Waals surface area (Å²) < 4.78 is 5.22. The molecule has 6 heteroatoms.